The minimum absolute atomic E-state index is 0.0378. The molecule has 3 aromatic carbocycles. The molecule has 1 heterocycles. The molecular formula is C24H26N2O2S. The van der Waals surface area contributed by atoms with Crippen molar-refractivity contribution < 1.29 is 8.42 Å². The Balaban J connectivity index is 1.57. The predicted octanol–water partition coefficient (Wildman–Crippen LogP) is 4.15. The second-order valence-electron chi connectivity index (χ2n) is 7.51. The average Bonchev–Trinajstić information content (AvgIpc) is 3.22. The van der Waals surface area contributed by atoms with Gasteiger partial charge in [0.2, 0.25) is 10.0 Å². The van der Waals surface area contributed by atoms with E-state index in [1.165, 1.54) is 5.56 Å². The van der Waals surface area contributed by atoms with Gasteiger partial charge in [0.25, 0.3) is 0 Å². The van der Waals surface area contributed by atoms with Gasteiger partial charge in [0, 0.05) is 32.2 Å². The summed E-state index contributed by atoms with van der Waals surface area (Å²) in [7, 11) is -3.57. The molecule has 1 aliphatic rings. The third kappa shape index (κ3) is 4.75. The number of nitrogens with zero attached hydrogens (tertiary/aromatic N) is 2. The second-order valence-corrected chi connectivity index (χ2v) is 9.40. The third-order valence-corrected chi connectivity index (χ3v) is 7.35. The standard InChI is InChI=1S/C24H26N2O2S/c27-29(28,24-14-8-3-9-15-24)26(19-22-12-6-2-7-13-22)23-16-17-25(20-23)18-21-10-4-1-5-11-21/h1-15,23H,16-20H2. The number of benzene rings is 3. The van der Waals surface area contributed by atoms with E-state index < -0.39 is 10.0 Å². The topological polar surface area (TPSA) is 40.6 Å². The van der Waals surface area contributed by atoms with Crippen LogP contribution in [0.1, 0.15) is 17.5 Å². The summed E-state index contributed by atoms with van der Waals surface area (Å²) in [5, 5.41) is 0. The quantitative estimate of drug-likeness (QED) is 0.592. The van der Waals surface area contributed by atoms with Crippen LogP contribution in [0.3, 0.4) is 0 Å². The van der Waals surface area contributed by atoms with E-state index in [0.29, 0.717) is 11.4 Å². The van der Waals surface area contributed by atoms with Crippen LogP contribution in [0.25, 0.3) is 0 Å². The smallest absolute Gasteiger partial charge is 0.243 e. The summed E-state index contributed by atoms with van der Waals surface area (Å²) in [5.41, 5.74) is 2.27. The minimum Gasteiger partial charge on any atom is -0.297 e. The van der Waals surface area contributed by atoms with Gasteiger partial charge >= 0.3 is 0 Å². The Morgan fingerprint density at radius 2 is 1.34 bits per heavy atom. The van der Waals surface area contributed by atoms with E-state index in [-0.39, 0.29) is 6.04 Å². The molecule has 1 atom stereocenters. The van der Waals surface area contributed by atoms with Crippen molar-refractivity contribution in [2.75, 3.05) is 13.1 Å². The molecular weight excluding hydrogens is 380 g/mol. The summed E-state index contributed by atoms with van der Waals surface area (Å²) < 4.78 is 28.7. The van der Waals surface area contributed by atoms with Gasteiger partial charge in [-0.1, -0.05) is 78.9 Å². The molecule has 0 aromatic heterocycles. The first-order valence-electron chi connectivity index (χ1n) is 10.00. The lowest BCUT2D eigenvalue weighted by molar-refractivity contribution is 0.276. The molecule has 0 radical (unpaired) electrons. The van der Waals surface area contributed by atoms with E-state index in [2.05, 4.69) is 17.0 Å². The van der Waals surface area contributed by atoms with Gasteiger partial charge in [-0.15, -0.1) is 0 Å². The molecule has 150 valence electrons. The van der Waals surface area contributed by atoms with E-state index >= 15 is 0 Å². The average molecular weight is 407 g/mol. The lowest BCUT2D eigenvalue weighted by Crippen LogP contribution is -2.41. The fourth-order valence-electron chi connectivity index (χ4n) is 3.93. The van der Waals surface area contributed by atoms with E-state index in [4.69, 9.17) is 0 Å². The SMILES string of the molecule is O=S(=O)(c1ccccc1)N(Cc1ccccc1)C1CCN(Cc2ccccc2)C1. The van der Waals surface area contributed by atoms with Crippen LogP contribution in [-0.2, 0) is 23.1 Å². The molecule has 1 fully saturated rings. The first kappa shape index (κ1) is 19.8. The van der Waals surface area contributed by atoms with Crippen molar-refractivity contribution in [3.05, 3.63) is 102 Å². The summed E-state index contributed by atoms with van der Waals surface area (Å²) >= 11 is 0. The Kier molecular flexibility index (Phi) is 6.09. The number of hydrogen-bond acceptors (Lipinski definition) is 3. The summed E-state index contributed by atoms with van der Waals surface area (Å²) in [6.07, 6.45) is 0.839. The molecule has 1 saturated heterocycles. The molecule has 0 aliphatic carbocycles. The molecule has 4 rings (SSSR count). The predicted molar refractivity (Wildman–Crippen MR) is 116 cm³/mol. The van der Waals surface area contributed by atoms with Crippen molar-refractivity contribution in [1.82, 2.24) is 9.21 Å². The van der Waals surface area contributed by atoms with Crippen molar-refractivity contribution in [2.45, 2.75) is 30.4 Å². The number of hydrogen-bond donors (Lipinski definition) is 0. The van der Waals surface area contributed by atoms with Crippen LogP contribution < -0.4 is 0 Å². The maximum absolute atomic E-state index is 13.5. The molecule has 1 aliphatic heterocycles. The fraction of sp³-hybridized carbons (Fsp3) is 0.250. The van der Waals surface area contributed by atoms with Crippen LogP contribution in [0.5, 0.6) is 0 Å². The fourth-order valence-corrected chi connectivity index (χ4v) is 5.59. The van der Waals surface area contributed by atoms with Gasteiger partial charge in [0.15, 0.2) is 0 Å². The normalized spacial score (nSPS) is 17.6. The van der Waals surface area contributed by atoms with Crippen LogP contribution in [0.15, 0.2) is 95.9 Å². The monoisotopic (exact) mass is 406 g/mol. The molecule has 29 heavy (non-hydrogen) atoms. The first-order chi connectivity index (χ1) is 14.1. The van der Waals surface area contributed by atoms with Crippen molar-refractivity contribution >= 4 is 10.0 Å². The molecule has 3 aromatic rings. The molecule has 1 unspecified atom stereocenters. The summed E-state index contributed by atoms with van der Waals surface area (Å²) in [5.74, 6) is 0. The highest BCUT2D eigenvalue weighted by Crippen LogP contribution is 2.26. The highest BCUT2D eigenvalue weighted by Gasteiger charge is 2.35. The highest BCUT2D eigenvalue weighted by atomic mass is 32.2. The van der Waals surface area contributed by atoms with Crippen molar-refractivity contribution in [2.24, 2.45) is 0 Å². The maximum Gasteiger partial charge on any atom is 0.243 e. The molecule has 5 heteroatoms. The molecule has 0 bridgehead atoms. The van der Waals surface area contributed by atoms with Gasteiger partial charge in [0.1, 0.15) is 0 Å². The van der Waals surface area contributed by atoms with Gasteiger partial charge < -0.3 is 0 Å². The van der Waals surface area contributed by atoms with Crippen LogP contribution in [0.2, 0.25) is 0 Å². The van der Waals surface area contributed by atoms with Crippen LogP contribution >= 0.6 is 0 Å². The van der Waals surface area contributed by atoms with Gasteiger partial charge in [0.05, 0.1) is 4.90 Å². The number of likely N-dealkylation sites (tertiary alicyclic amines) is 1. The highest BCUT2D eigenvalue weighted by molar-refractivity contribution is 7.89. The third-order valence-electron chi connectivity index (χ3n) is 5.43. The summed E-state index contributed by atoms with van der Waals surface area (Å²) in [6, 6.07) is 28.9. The molecule has 0 saturated carbocycles. The summed E-state index contributed by atoms with van der Waals surface area (Å²) in [6.45, 7) is 2.88. The summed E-state index contributed by atoms with van der Waals surface area (Å²) in [4.78, 5) is 2.70. The first-order valence-corrected chi connectivity index (χ1v) is 11.4. The van der Waals surface area contributed by atoms with Crippen LogP contribution in [0.4, 0.5) is 0 Å². The van der Waals surface area contributed by atoms with Gasteiger partial charge in [-0.3, -0.25) is 4.90 Å². The van der Waals surface area contributed by atoms with Crippen LogP contribution in [0, 0.1) is 0 Å². The van der Waals surface area contributed by atoms with Gasteiger partial charge in [-0.2, -0.15) is 4.31 Å². The van der Waals surface area contributed by atoms with Crippen molar-refractivity contribution in [3.8, 4) is 0 Å². The van der Waals surface area contributed by atoms with Gasteiger partial charge in [-0.25, -0.2) is 8.42 Å². The molecule has 0 spiro atoms. The molecule has 4 nitrogen and oxygen atoms in total. The van der Waals surface area contributed by atoms with Crippen molar-refractivity contribution in [3.63, 3.8) is 0 Å². The Hall–Kier alpha value is -2.47. The number of sulfonamides is 1. The van der Waals surface area contributed by atoms with E-state index in [1.807, 2.05) is 54.6 Å². The lowest BCUT2D eigenvalue weighted by Gasteiger charge is -2.28. The molecule has 0 amide bonds. The Bertz CT molecular complexity index is 1010. The minimum atomic E-state index is -3.57. The Morgan fingerprint density at radius 1 is 0.793 bits per heavy atom. The maximum atomic E-state index is 13.5. The van der Waals surface area contributed by atoms with E-state index in [9.17, 15) is 8.42 Å². The van der Waals surface area contributed by atoms with Crippen molar-refractivity contribution in [1.29, 1.82) is 0 Å². The Morgan fingerprint density at radius 3 is 1.97 bits per heavy atom. The van der Waals surface area contributed by atoms with Gasteiger partial charge in [-0.05, 0) is 29.7 Å². The zero-order valence-electron chi connectivity index (χ0n) is 16.4. The van der Waals surface area contributed by atoms with Crippen LogP contribution in [-0.4, -0.2) is 36.8 Å². The zero-order chi connectivity index (χ0) is 20.1. The largest absolute Gasteiger partial charge is 0.297 e. The van der Waals surface area contributed by atoms with E-state index in [0.717, 1.165) is 31.6 Å². The molecule has 0 N–H and O–H groups in total. The van der Waals surface area contributed by atoms with E-state index in [1.54, 1.807) is 28.6 Å². The second kappa shape index (κ2) is 8.91. The lowest BCUT2D eigenvalue weighted by atomic mass is 10.2. The Labute approximate surface area is 173 Å². The number of rotatable bonds is 7. The zero-order valence-corrected chi connectivity index (χ0v) is 17.2.